The van der Waals surface area contributed by atoms with Crippen molar-refractivity contribution < 1.29 is 33.3 Å². The van der Waals surface area contributed by atoms with Gasteiger partial charge in [-0.2, -0.15) is 0 Å². The van der Waals surface area contributed by atoms with Crippen LogP contribution in [0.2, 0.25) is 0 Å². The number of hydrogen-bond acceptors (Lipinski definition) is 7. The Hall–Kier alpha value is -3.42. The lowest BCUT2D eigenvalue weighted by atomic mass is 9.82. The average molecular weight is 484 g/mol. The zero-order valence-electron chi connectivity index (χ0n) is 20.8. The van der Waals surface area contributed by atoms with E-state index in [1.165, 1.54) is 0 Å². The highest BCUT2D eigenvalue weighted by Crippen LogP contribution is 2.42. The molecule has 4 rings (SSSR count). The molecule has 2 heterocycles. The fourth-order valence-electron chi connectivity index (χ4n) is 4.69. The number of piperidine rings is 1. The minimum Gasteiger partial charge on any atom is -0.497 e. The molecule has 0 bridgehead atoms. The molecule has 1 spiro atoms. The number of hydrogen-bond donors (Lipinski definition) is 0. The summed E-state index contributed by atoms with van der Waals surface area (Å²) in [4.78, 5) is 28.1. The van der Waals surface area contributed by atoms with E-state index in [9.17, 15) is 9.59 Å². The van der Waals surface area contributed by atoms with Crippen LogP contribution in [0.15, 0.2) is 30.3 Å². The Kier molecular flexibility index (Phi) is 7.38. The highest BCUT2D eigenvalue weighted by atomic mass is 16.5. The van der Waals surface area contributed by atoms with Gasteiger partial charge in [-0.1, -0.05) is 0 Å². The molecule has 0 N–H and O–H groups in total. The summed E-state index contributed by atoms with van der Waals surface area (Å²) in [5.74, 6) is 2.63. The molecule has 0 aromatic heterocycles. The number of carbonyl (C=O) groups excluding carboxylic acids is 2. The summed E-state index contributed by atoms with van der Waals surface area (Å²) in [6.45, 7) is 7.96. The van der Waals surface area contributed by atoms with Crippen molar-refractivity contribution in [3.63, 3.8) is 0 Å². The lowest BCUT2D eigenvalue weighted by molar-refractivity contribution is -0.00579. The van der Waals surface area contributed by atoms with Crippen LogP contribution in [-0.4, -0.2) is 62.2 Å². The molecule has 2 aromatic carbocycles. The maximum atomic E-state index is 13.4. The predicted molar refractivity (Wildman–Crippen MR) is 130 cm³/mol. The summed E-state index contributed by atoms with van der Waals surface area (Å²) in [6, 6.07) is 8.74. The topological polar surface area (TPSA) is 83.5 Å². The highest BCUT2D eigenvalue weighted by Gasteiger charge is 2.44. The Bertz CT molecular complexity index is 1060. The molecule has 0 atom stereocenters. The summed E-state index contributed by atoms with van der Waals surface area (Å²) in [5, 5.41) is 0. The lowest BCUT2D eigenvalue weighted by Gasteiger charge is -2.44. The smallest absolute Gasteiger partial charge is 0.254 e. The third-order valence-corrected chi connectivity index (χ3v) is 6.41. The Morgan fingerprint density at radius 1 is 0.971 bits per heavy atom. The van der Waals surface area contributed by atoms with Crippen LogP contribution in [0.5, 0.6) is 28.7 Å². The average Bonchev–Trinajstić information content (AvgIpc) is 2.86. The lowest BCUT2D eigenvalue weighted by Crippen LogP contribution is -2.52. The number of benzene rings is 2. The maximum absolute atomic E-state index is 13.4. The molecule has 0 aliphatic carbocycles. The van der Waals surface area contributed by atoms with Crippen molar-refractivity contribution in [3.8, 4) is 28.7 Å². The SMILES string of the molecule is CCOc1cc(C(=O)N2CCC3(CC2)CC(=O)c2cc(OC)ccc2O3)cc(OCC)c1OCC. The molecule has 0 saturated carbocycles. The molecule has 8 nitrogen and oxygen atoms in total. The van der Waals surface area contributed by atoms with Gasteiger partial charge in [0, 0.05) is 31.5 Å². The molecule has 188 valence electrons. The molecule has 2 aliphatic heterocycles. The minimum absolute atomic E-state index is 0.0409. The standard InChI is InChI=1S/C27H33NO7/c1-5-32-23-14-18(15-24(33-6-2)25(23)34-7-3)26(30)28-12-10-27(11-13-28)17-21(29)20-16-19(31-4)8-9-22(20)35-27/h8-9,14-16H,5-7,10-13,17H2,1-4H3. The van der Waals surface area contributed by atoms with Gasteiger partial charge in [0.1, 0.15) is 17.1 Å². The van der Waals surface area contributed by atoms with Gasteiger partial charge >= 0.3 is 0 Å². The first-order valence-electron chi connectivity index (χ1n) is 12.2. The van der Waals surface area contributed by atoms with Crippen LogP contribution in [0.1, 0.15) is 60.7 Å². The van der Waals surface area contributed by atoms with Crippen molar-refractivity contribution in [2.45, 2.75) is 45.6 Å². The minimum atomic E-state index is -0.596. The fourth-order valence-corrected chi connectivity index (χ4v) is 4.69. The normalized spacial score (nSPS) is 16.3. The Morgan fingerprint density at radius 2 is 1.60 bits per heavy atom. The number of ether oxygens (including phenoxy) is 5. The van der Waals surface area contributed by atoms with Gasteiger partial charge in [-0.05, 0) is 51.1 Å². The van der Waals surface area contributed by atoms with E-state index in [-0.39, 0.29) is 11.7 Å². The van der Waals surface area contributed by atoms with Gasteiger partial charge in [0.15, 0.2) is 17.3 Å². The maximum Gasteiger partial charge on any atom is 0.254 e. The quantitative estimate of drug-likeness (QED) is 0.545. The molecular formula is C27H33NO7. The van der Waals surface area contributed by atoms with Crippen molar-refractivity contribution in [1.29, 1.82) is 0 Å². The van der Waals surface area contributed by atoms with Crippen molar-refractivity contribution in [2.24, 2.45) is 0 Å². The van der Waals surface area contributed by atoms with E-state index >= 15 is 0 Å². The van der Waals surface area contributed by atoms with Gasteiger partial charge in [0.2, 0.25) is 5.75 Å². The van der Waals surface area contributed by atoms with Crippen LogP contribution in [0.4, 0.5) is 0 Å². The van der Waals surface area contributed by atoms with Gasteiger partial charge in [0.25, 0.3) is 5.91 Å². The van der Waals surface area contributed by atoms with E-state index < -0.39 is 5.60 Å². The first kappa shape index (κ1) is 24.7. The molecule has 0 radical (unpaired) electrons. The van der Waals surface area contributed by atoms with Crippen molar-refractivity contribution in [1.82, 2.24) is 4.90 Å². The predicted octanol–water partition coefficient (Wildman–Crippen LogP) is 4.53. The molecule has 2 aliphatic rings. The molecule has 35 heavy (non-hydrogen) atoms. The third kappa shape index (κ3) is 5.01. The van der Waals surface area contributed by atoms with Crippen LogP contribution in [0, 0.1) is 0 Å². The van der Waals surface area contributed by atoms with E-state index in [4.69, 9.17) is 23.7 Å². The number of nitrogens with zero attached hydrogens (tertiary/aromatic N) is 1. The summed E-state index contributed by atoms with van der Waals surface area (Å²) >= 11 is 0. The van der Waals surface area contributed by atoms with Gasteiger partial charge in [0.05, 0.1) is 38.9 Å². The van der Waals surface area contributed by atoms with E-state index in [2.05, 4.69) is 0 Å². The molecule has 1 saturated heterocycles. The first-order valence-corrected chi connectivity index (χ1v) is 12.2. The second-order valence-corrected chi connectivity index (χ2v) is 8.64. The number of carbonyl (C=O) groups is 2. The summed E-state index contributed by atoms with van der Waals surface area (Å²) in [7, 11) is 1.57. The summed E-state index contributed by atoms with van der Waals surface area (Å²) in [5.41, 5.74) is 0.436. The van der Waals surface area contributed by atoms with Crippen LogP contribution in [0.25, 0.3) is 0 Å². The molecule has 8 heteroatoms. The molecule has 0 unspecified atom stereocenters. The van der Waals surface area contributed by atoms with Gasteiger partial charge in [-0.25, -0.2) is 0 Å². The number of fused-ring (bicyclic) bond motifs is 1. The van der Waals surface area contributed by atoms with E-state index in [1.807, 2.05) is 20.8 Å². The number of rotatable bonds is 8. The van der Waals surface area contributed by atoms with Gasteiger partial charge in [-0.15, -0.1) is 0 Å². The van der Waals surface area contributed by atoms with Gasteiger partial charge in [-0.3, -0.25) is 9.59 Å². The van der Waals surface area contributed by atoms with Crippen LogP contribution < -0.4 is 23.7 Å². The second kappa shape index (κ2) is 10.5. The number of Topliss-reactive ketones (excluding diaryl/α,β-unsaturated/α-hetero) is 1. The molecule has 1 fully saturated rings. The number of ketones is 1. The van der Waals surface area contributed by atoms with E-state index in [0.29, 0.717) is 92.0 Å². The number of amides is 1. The summed E-state index contributed by atoms with van der Waals surface area (Å²) < 4.78 is 28.9. The zero-order chi connectivity index (χ0) is 25.0. The molecule has 1 amide bonds. The van der Waals surface area contributed by atoms with Crippen LogP contribution >= 0.6 is 0 Å². The Balaban J connectivity index is 1.51. The summed E-state index contributed by atoms with van der Waals surface area (Å²) in [6.07, 6.45) is 1.44. The van der Waals surface area contributed by atoms with Crippen molar-refractivity contribution in [2.75, 3.05) is 40.0 Å². The monoisotopic (exact) mass is 483 g/mol. The van der Waals surface area contributed by atoms with Crippen molar-refractivity contribution >= 4 is 11.7 Å². The Morgan fingerprint density at radius 3 is 2.17 bits per heavy atom. The van der Waals surface area contributed by atoms with Gasteiger partial charge < -0.3 is 28.6 Å². The Labute approximate surface area is 206 Å². The third-order valence-electron chi connectivity index (χ3n) is 6.41. The van der Waals surface area contributed by atoms with Crippen molar-refractivity contribution in [3.05, 3.63) is 41.5 Å². The molecule has 2 aromatic rings. The van der Waals surface area contributed by atoms with E-state index in [0.717, 1.165) is 0 Å². The number of likely N-dealkylation sites (tertiary alicyclic amines) is 1. The van der Waals surface area contributed by atoms with E-state index in [1.54, 1.807) is 42.3 Å². The number of methoxy groups -OCH3 is 1. The molecular weight excluding hydrogens is 450 g/mol. The first-order chi connectivity index (χ1) is 16.9. The zero-order valence-corrected chi connectivity index (χ0v) is 20.8. The van der Waals surface area contributed by atoms with Crippen LogP contribution in [0.3, 0.4) is 0 Å². The second-order valence-electron chi connectivity index (χ2n) is 8.64. The largest absolute Gasteiger partial charge is 0.497 e. The van der Waals surface area contributed by atoms with Crippen LogP contribution in [-0.2, 0) is 0 Å². The fraction of sp³-hybridized carbons (Fsp3) is 0.481. The highest BCUT2D eigenvalue weighted by molar-refractivity contribution is 6.01.